The van der Waals surface area contributed by atoms with E-state index >= 15 is 0 Å². The maximum Gasteiger partial charge on any atom is 0.0967 e. The first-order valence-corrected chi connectivity index (χ1v) is 3.93. The summed E-state index contributed by atoms with van der Waals surface area (Å²) < 4.78 is 5.29. The van der Waals surface area contributed by atoms with Crippen LogP contribution >= 0.6 is 0 Å². The molecule has 56 valence electrons. The molecule has 1 aliphatic carbocycles. The summed E-state index contributed by atoms with van der Waals surface area (Å²) in [6, 6.07) is 0.693. The van der Waals surface area contributed by atoms with Gasteiger partial charge in [0.2, 0.25) is 0 Å². The van der Waals surface area contributed by atoms with Crippen LogP contribution in [-0.2, 0) is 4.74 Å². The van der Waals surface area contributed by atoms with Gasteiger partial charge in [-0.25, -0.2) is 0 Å². The number of allylic oxidation sites excluding steroid dienone is 1. The second-order valence-corrected chi connectivity index (χ2v) is 3.03. The van der Waals surface area contributed by atoms with Crippen molar-refractivity contribution in [1.29, 1.82) is 0 Å². The minimum Gasteiger partial charge on any atom is -0.366 e. The zero-order valence-electron chi connectivity index (χ0n) is 6.05. The predicted molar refractivity (Wildman–Crippen MR) is 39.6 cm³/mol. The van der Waals surface area contributed by atoms with Crippen LogP contribution in [0.3, 0.4) is 0 Å². The molecule has 0 amide bonds. The summed E-state index contributed by atoms with van der Waals surface area (Å²) in [5.41, 5.74) is 0. The van der Waals surface area contributed by atoms with Crippen LogP contribution in [0.1, 0.15) is 12.8 Å². The molecule has 1 saturated heterocycles. The van der Waals surface area contributed by atoms with Crippen molar-refractivity contribution in [1.82, 2.24) is 5.32 Å². The SMILES string of the molecule is C1=CCC2NCOCC2C1. The molecule has 0 aromatic rings. The number of rotatable bonds is 0. The Morgan fingerprint density at radius 1 is 1.30 bits per heavy atom. The molecule has 2 aliphatic rings. The van der Waals surface area contributed by atoms with Crippen molar-refractivity contribution in [3.8, 4) is 0 Å². The van der Waals surface area contributed by atoms with E-state index in [4.69, 9.17) is 4.74 Å². The Morgan fingerprint density at radius 2 is 2.20 bits per heavy atom. The molecule has 1 N–H and O–H groups in total. The number of hydrogen-bond donors (Lipinski definition) is 1. The molecule has 1 heterocycles. The Labute approximate surface area is 61.3 Å². The number of fused-ring (bicyclic) bond motifs is 1. The molecular weight excluding hydrogens is 126 g/mol. The first kappa shape index (κ1) is 6.38. The average molecular weight is 139 g/mol. The van der Waals surface area contributed by atoms with E-state index in [0.29, 0.717) is 6.04 Å². The summed E-state index contributed by atoms with van der Waals surface area (Å²) in [5.74, 6) is 0.735. The first-order valence-electron chi connectivity index (χ1n) is 3.93. The van der Waals surface area contributed by atoms with Crippen LogP contribution in [-0.4, -0.2) is 19.4 Å². The molecule has 2 unspecified atom stereocenters. The molecule has 0 spiro atoms. The van der Waals surface area contributed by atoms with E-state index in [1.165, 1.54) is 12.8 Å². The molecule has 1 aliphatic heterocycles. The Balaban J connectivity index is 2.01. The Kier molecular flexibility index (Phi) is 1.74. The van der Waals surface area contributed by atoms with Crippen molar-refractivity contribution in [2.75, 3.05) is 13.3 Å². The van der Waals surface area contributed by atoms with Crippen molar-refractivity contribution < 1.29 is 4.74 Å². The van der Waals surface area contributed by atoms with E-state index < -0.39 is 0 Å². The molecule has 0 bridgehead atoms. The van der Waals surface area contributed by atoms with Crippen LogP contribution in [0, 0.1) is 5.92 Å². The van der Waals surface area contributed by atoms with Crippen LogP contribution < -0.4 is 5.32 Å². The van der Waals surface area contributed by atoms with E-state index in [1.807, 2.05) is 0 Å². The van der Waals surface area contributed by atoms with Gasteiger partial charge >= 0.3 is 0 Å². The maximum atomic E-state index is 5.29. The molecule has 2 rings (SSSR count). The van der Waals surface area contributed by atoms with Crippen LogP contribution in [0.4, 0.5) is 0 Å². The van der Waals surface area contributed by atoms with E-state index in [9.17, 15) is 0 Å². The zero-order chi connectivity index (χ0) is 6.81. The third kappa shape index (κ3) is 1.09. The molecule has 1 fully saturated rings. The monoisotopic (exact) mass is 139 g/mol. The molecule has 0 aromatic carbocycles. The summed E-state index contributed by atoms with van der Waals surface area (Å²) >= 11 is 0. The van der Waals surface area contributed by atoms with Gasteiger partial charge in [0.25, 0.3) is 0 Å². The minimum atomic E-state index is 0.693. The van der Waals surface area contributed by atoms with Gasteiger partial charge in [0, 0.05) is 12.0 Å². The predicted octanol–water partition coefficient (Wildman–Crippen LogP) is 0.898. The standard InChI is InChI=1S/C8H13NO/c1-2-4-8-7(3-1)5-10-6-9-8/h1-2,7-9H,3-6H2. The van der Waals surface area contributed by atoms with Gasteiger partial charge in [-0.15, -0.1) is 0 Å². The molecule has 2 heteroatoms. The molecule has 0 saturated carbocycles. The van der Waals surface area contributed by atoms with Gasteiger partial charge < -0.3 is 4.74 Å². The third-order valence-corrected chi connectivity index (χ3v) is 2.34. The largest absolute Gasteiger partial charge is 0.366 e. The highest BCUT2D eigenvalue weighted by Gasteiger charge is 2.24. The fraction of sp³-hybridized carbons (Fsp3) is 0.750. The maximum absolute atomic E-state index is 5.29. The molecule has 0 aromatic heterocycles. The second-order valence-electron chi connectivity index (χ2n) is 3.03. The highest BCUT2D eigenvalue weighted by Crippen LogP contribution is 2.21. The lowest BCUT2D eigenvalue weighted by Gasteiger charge is -2.33. The lowest BCUT2D eigenvalue weighted by atomic mass is 9.89. The quantitative estimate of drug-likeness (QED) is 0.503. The summed E-state index contributed by atoms with van der Waals surface area (Å²) in [7, 11) is 0. The lowest BCUT2D eigenvalue weighted by Crippen LogP contribution is -2.45. The van der Waals surface area contributed by atoms with Crippen molar-refractivity contribution in [3.63, 3.8) is 0 Å². The number of nitrogens with one attached hydrogen (secondary N) is 1. The fourth-order valence-electron chi connectivity index (χ4n) is 1.68. The molecular formula is C8H13NO. The summed E-state index contributed by atoms with van der Waals surface area (Å²) in [4.78, 5) is 0. The van der Waals surface area contributed by atoms with E-state index in [2.05, 4.69) is 17.5 Å². The molecule has 2 nitrogen and oxygen atoms in total. The first-order chi connectivity index (χ1) is 4.97. The van der Waals surface area contributed by atoms with Gasteiger partial charge in [0.05, 0.1) is 13.3 Å². The Hall–Kier alpha value is -0.340. The van der Waals surface area contributed by atoms with Gasteiger partial charge in [-0.05, 0) is 12.8 Å². The van der Waals surface area contributed by atoms with Gasteiger partial charge in [-0.3, -0.25) is 5.32 Å². The van der Waals surface area contributed by atoms with Gasteiger partial charge in [0.15, 0.2) is 0 Å². The number of hydrogen-bond acceptors (Lipinski definition) is 2. The lowest BCUT2D eigenvalue weighted by molar-refractivity contribution is 0.0171. The Bertz CT molecular complexity index is 128. The van der Waals surface area contributed by atoms with Crippen molar-refractivity contribution >= 4 is 0 Å². The normalized spacial score (nSPS) is 39.2. The molecule has 10 heavy (non-hydrogen) atoms. The highest BCUT2D eigenvalue weighted by atomic mass is 16.5. The van der Waals surface area contributed by atoms with Crippen molar-refractivity contribution in [2.24, 2.45) is 5.92 Å². The summed E-state index contributed by atoms with van der Waals surface area (Å²) in [6.07, 6.45) is 6.91. The zero-order valence-corrected chi connectivity index (χ0v) is 6.05. The van der Waals surface area contributed by atoms with E-state index in [1.54, 1.807) is 0 Å². The minimum absolute atomic E-state index is 0.693. The smallest absolute Gasteiger partial charge is 0.0967 e. The highest BCUT2D eigenvalue weighted by molar-refractivity contribution is 4.98. The van der Waals surface area contributed by atoms with E-state index in [0.717, 1.165) is 19.3 Å². The van der Waals surface area contributed by atoms with Crippen LogP contribution in [0.2, 0.25) is 0 Å². The Morgan fingerprint density at radius 3 is 3.10 bits per heavy atom. The molecule has 0 radical (unpaired) electrons. The fourth-order valence-corrected chi connectivity index (χ4v) is 1.68. The van der Waals surface area contributed by atoms with Gasteiger partial charge in [-0.1, -0.05) is 12.2 Å². The van der Waals surface area contributed by atoms with Gasteiger partial charge in [-0.2, -0.15) is 0 Å². The van der Waals surface area contributed by atoms with Crippen LogP contribution in [0.5, 0.6) is 0 Å². The van der Waals surface area contributed by atoms with Crippen molar-refractivity contribution in [3.05, 3.63) is 12.2 Å². The number of ether oxygens (including phenoxy) is 1. The second kappa shape index (κ2) is 2.72. The van der Waals surface area contributed by atoms with E-state index in [-0.39, 0.29) is 0 Å². The van der Waals surface area contributed by atoms with Crippen LogP contribution in [0.15, 0.2) is 12.2 Å². The summed E-state index contributed by atoms with van der Waals surface area (Å²) in [6.45, 7) is 1.69. The summed E-state index contributed by atoms with van der Waals surface area (Å²) in [5, 5.41) is 3.35. The van der Waals surface area contributed by atoms with Crippen molar-refractivity contribution in [2.45, 2.75) is 18.9 Å². The van der Waals surface area contributed by atoms with Crippen LogP contribution in [0.25, 0.3) is 0 Å². The van der Waals surface area contributed by atoms with Gasteiger partial charge in [0.1, 0.15) is 0 Å². The molecule has 2 atom stereocenters. The average Bonchev–Trinajstić information content (AvgIpc) is 2.05. The third-order valence-electron chi connectivity index (χ3n) is 2.34. The topological polar surface area (TPSA) is 21.3 Å².